The van der Waals surface area contributed by atoms with Crippen LogP contribution in [0.3, 0.4) is 0 Å². The summed E-state index contributed by atoms with van der Waals surface area (Å²) in [6.45, 7) is 3.74. The number of rotatable bonds is 3. The van der Waals surface area contributed by atoms with Crippen LogP contribution in [0.25, 0.3) is 0 Å². The molecule has 2 atom stereocenters. The number of nitrogens with one attached hydrogen (secondary N) is 1. The Balaban J connectivity index is 1.50. The van der Waals surface area contributed by atoms with Gasteiger partial charge in [-0.1, -0.05) is 0 Å². The molecule has 2 unspecified atom stereocenters. The zero-order valence-corrected chi connectivity index (χ0v) is 10.3. The molecule has 2 aliphatic heterocycles. The lowest BCUT2D eigenvalue weighted by molar-refractivity contribution is -0.0416. The molecular formula is C13H18FN3O. The summed E-state index contributed by atoms with van der Waals surface area (Å²) in [6.07, 6.45) is 3.97. The fraction of sp³-hybridized carbons (Fsp3) is 0.615. The molecule has 0 radical (unpaired) electrons. The van der Waals surface area contributed by atoms with E-state index in [4.69, 9.17) is 4.74 Å². The molecule has 3 rings (SSSR count). The quantitative estimate of drug-likeness (QED) is 0.883. The van der Waals surface area contributed by atoms with Crippen LogP contribution in [0.15, 0.2) is 18.3 Å². The van der Waals surface area contributed by atoms with E-state index in [1.165, 1.54) is 31.6 Å². The fourth-order valence-corrected chi connectivity index (χ4v) is 2.71. The van der Waals surface area contributed by atoms with Crippen LogP contribution in [0.5, 0.6) is 0 Å². The summed E-state index contributed by atoms with van der Waals surface area (Å²) in [4.78, 5) is 6.48. The van der Waals surface area contributed by atoms with Gasteiger partial charge in [0, 0.05) is 19.1 Å². The minimum atomic E-state index is -0.311. The Hall–Kier alpha value is -1.20. The topological polar surface area (TPSA) is 37.4 Å². The summed E-state index contributed by atoms with van der Waals surface area (Å²) in [5.41, 5.74) is 0. The summed E-state index contributed by atoms with van der Waals surface area (Å²) in [5.74, 6) is 0.387. The summed E-state index contributed by atoms with van der Waals surface area (Å²) in [6, 6.07) is 3.69. The van der Waals surface area contributed by atoms with Gasteiger partial charge in [-0.05, 0) is 31.5 Å². The van der Waals surface area contributed by atoms with E-state index in [-0.39, 0.29) is 11.9 Å². The predicted octanol–water partition coefficient (Wildman–Crippen LogP) is 1.50. The molecule has 5 heteroatoms. The zero-order valence-electron chi connectivity index (χ0n) is 10.3. The summed E-state index contributed by atoms with van der Waals surface area (Å²) >= 11 is 0. The molecule has 4 nitrogen and oxygen atoms in total. The highest BCUT2D eigenvalue weighted by Crippen LogP contribution is 2.22. The second kappa shape index (κ2) is 5.20. The summed E-state index contributed by atoms with van der Waals surface area (Å²) in [5, 5.41) is 3.19. The van der Waals surface area contributed by atoms with Crippen molar-refractivity contribution in [2.75, 3.05) is 31.6 Å². The highest BCUT2D eigenvalue weighted by Gasteiger charge is 2.31. The molecule has 1 aromatic rings. The Kier molecular flexibility index (Phi) is 3.43. The van der Waals surface area contributed by atoms with Crippen molar-refractivity contribution in [3.63, 3.8) is 0 Å². The summed E-state index contributed by atoms with van der Waals surface area (Å²) < 4.78 is 18.5. The van der Waals surface area contributed by atoms with E-state index in [1.807, 2.05) is 0 Å². The van der Waals surface area contributed by atoms with Crippen molar-refractivity contribution in [3.8, 4) is 0 Å². The third kappa shape index (κ3) is 2.62. The van der Waals surface area contributed by atoms with Gasteiger partial charge >= 0.3 is 0 Å². The van der Waals surface area contributed by atoms with Crippen LogP contribution in [0, 0.1) is 5.82 Å². The number of hydrogen-bond acceptors (Lipinski definition) is 4. The van der Waals surface area contributed by atoms with E-state index in [2.05, 4.69) is 15.2 Å². The zero-order chi connectivity index (χ0) is 12.4. The Bertz CT molecular complexity index is 398. The SMILES string of the molecule is Fc1ccc(NCC2CN3CCCC3CO2)nc1. The molecule has 0 bridgehead atoms. The molecule has 0 aliphatic carbocycles. The first kappa shape index (κ1) is 11.9. The highest BCUT2D eigenvalue weighted by molar-refractivity contribution is 5.33. The second-order valence-corrected chi connectivity index (χ2v) is 4.99. The molecule has 3 heterocycles. The first-order valence-corrected chi connectivity index (χ1v) is 6.52. The molecule has 0 spiro atoms. The third-order valence-corrected chi connectivity index (χ3v) is 3.70. The van der Waals surface area contributed by atoms with Crippen LogP contribution in [0.4, 0.5) is 10.2 Å². The fourth-order valence-electron chi connectivity index (χ4n) is 2.71. The van der Waals surface area contributed by atoms with Crippen LogP contribution in [0.1, 0.15) is 12.8 Å². The molecule has 0 amide bonds. The number of halogens is 1. The molecule has 0 saturated carbocycles. The number of hydrogen-bond donors (Lipinski definition) is 1. The number of morpholine rings is 1. The molecular weight excluding hydrogens is 233 g/mol. The molecule has 2 aliphatic rings. The maximum Gasteiger partial charge on any atom is 0.141 e. The monoisotopic (exact) mass is 251 g/mol. The highest BCUT2D eigenvalue weighted by atomic mass is 19.1. The van der Waals surface area contributed by atoms with Crippen LogP contribution < -0.4 is 5.32 Å². The van der Waals surface area contributed by atoms with Crippen LogP contribution in [0.2, 0.25) is 0 Å². The lowest BCUT2D eigenvalue weighted by Gasteiger charge is -2.35. The standard InChI is InChI=1S/C13H18FN3O/c14-10-3-4-13(15-6-10)16-7-12-8-17-5-1-2-11(17)9-18-12/h3-4,6,11-12H,1-2,5,7-9H2,(H,15,16). The van der Waals surface area contributed by atoms with Gasteiger partial charge in [0.05, 0.1) is 18.9 Å². The van der Waals surface area contributed by atoms with Gasteiger partial charge < -0.3 is 10.1 Å². The predicted molar refractivity (Wildman–Crippen MR) is 67.0 cm³/mol. The first-order valence-electron chi connectivity index (χ1n) is 6.52. The molecule has 18 heavy (non-hydrogen) atoms. The molecule has 1 N–H and O–H groups in total. The lowest BCUT2D eigenvalue weighted by Crippen LogP contribution is -2.48. The van der Waals surface area contributed by atoms with Crippen LogP contribution >= 0.6 is 0 Å². The van der Waals surface area contributed by atoms with Gasteiger partial charge in [0.25, 0.3) is 0 Å². The number of ether oxygens (including phenoxy) is 1. The molecule has 2 fully saturated rings. The van der Waals surface area contributed by atoms with Crippen molar-refractivity contribution < 1.29 is 9.13 Å². The van der Waals surface area contributed by atoms with Gasteiger partial charge in [0.1, 0.15) is 11.6 Å². The minimum absolute atomic E-state index is 0.200. The molecule has 2 saturated heterocycles. The van der Waals surface area contributed by atoms with E-state index in [0.717, 1.165) is 19.7 Å². The molecule has 0 aromatic carbocycles. The van der Waals surface area contributed by atoms with Crippen molar-refractivity contribution in [3.05, 3.63) is 24.1 Å². The van der Waals surface area contributed by atoms with Crippen molar-refractivity contribution in [2.24, 2.45) is 0 Å². The van der Waals surface area contributed by atoms with Crippen molar-refractivity contribution in [1.29, 1.82) is 0 Å². The maximum absolute atomic E-state index is 12.7. The van der Waals surface area contributed by atoms with E-state index in [0.29, 0.717) is 11.9 Å². The van der Waals surface area contributed by atoms with Gasteiger partial charge in [-0.3, -0.25) is 4.90 Å². The summed E-state index contributed by atoms with van der Waals surface area (Å²) in [7, 11) is 0. The Morgan fingerprint density at radius 3 is 3.28 bits per heavy atom. The number of anilines is 1. The Morgan fingerprint density at radius 1 is 1.50 bits per heavy atom. The lowest BCUT2D eigenvalue weighted by atomic mass is 10.2. The number of fused-ring (bicyclic) bond motifs is 1. The van der Waals surface area contributed by atoms with Gasteiger partial charge in [-0.2, -0.15) is 0 Å². The van der Waals surface area contributed by atoms with Crippen LogP contribution in [-0.2, 0) is 4.74 Å². The first-order chi connectivity index (χ1) is 8.81. The van der Waals surface area contributed by atoms with E-state index in [1.54, 1.807) is 6.07 Å². The van der Waals surface area contributed by atoms with Crippen LogP contribution in [-0.4, -0.2) is 48.3 Å². The van der Waals surface area contributed by atoms with Crippen molar-refractivity contribution in [2.45, 2.75) is 25.0 Å². The average Bonchev–Trinajstić information content (AvgIpc) is 2.85. The van der Waals surface area contributed by atoms with Crippen molar-refractivity contribution >= 4 is 5.82 Å². The van der Waals surface area contributed by atoms with Gasteiger partial charge in [0.2, 0.25) is 0 Å². The van der Waals surface area contributed by atoms with E-state index in [9.17, 15) is 4.39 Å². The van der Waals surface area contributed by atoms with Crippen molar-refractivity contribution in [1.82, 2.24) is 9.88 Å². The normalized spacial score (nSPS) is 28.1. The van der Waals surface area contributed by atoms with E-state index < -0.39 is 0 Å². The van der Waals surface area contributed by atoms with Gasteiger partial charge in [-0.15, -0.1) is 0 Å². The Morgan fingerprint density at radius 2 is 2.44 bits per heavy atom. The molecule has 1 aromatic heterocycles. The minimum Gasteiger partial charge on any atom is -0.373 e. The number of aromatic nitrogens is 1. The molecule has 98 valence electrons. The smallest absolute Gasteiger partial charge is 0.141 e. The number of nitrogens with zero attached hydrogens (tertiary/aromatic N) is 2. The largest absolute Gasteiger partial charge is 0.373 e. The third-order valence-electron chi connectivity index (χ3n) is 3.70. The van der Waals surface area contributed by atoms with Gasteiger partial charge in [-0.25, -0.2) is 9.37 Å². The van der Waals surface area contributed by atoms with E-state index >= 15 is 0 Å². The Labute approximate surface area is 106 Å². The van der Waals surface area contributed by atoms with Gasteiger partial charge in [0.15, 0.2) is 0 Å². The average molecular weight is 251 g/mol. The maximum atomic E-state index is 12.7. The second-order valence-electron chi connectivity index (χ2n) is 4.99. The number of pyridine rings is 1.